The van der Waals surface area contributed by atoms with E-state index in [4.69, 9.17) is 16.0 Å². The van der Waals surface area contributed by atoms with Crippen LogP contribution in [0.3, 0.4) is 0 Å². The normalized spacial score (nSPS) is 13.7. The third kappa shape index (κ3) is 4.45. The van der Waals surface area contributed by atoms with Crippen LogP contribution in [-0.4, -0.2) is 28.9 Å². The van der Waals surface area contributed by atoms with Crippen molar-refractivity contribution in [1.82, 2.24) is 4.98 Å². The zero-order valence-corrected chi connectivity index (χ0v) is 18.9. The molecule has 1 fully saturated rings. The lowest BCUT2D eigenvalue weighted by molar-refractivity contribution is -0.384. The van der Waals surface area contributed by atoms with Crippen LogP contribution < -0.4 is 10.2 Å². The summed E-state index contributed by atoms with van der Waals surface area (Å²) in [6.45, 7) is 1.56. The number of rotatable bonds is 5. The summed E-state index contributed by atoms with van der Waals surface area (Å²) in [5.74, 6) is -0.0373. The number of piperidine rings is 1. The molecule has 0 aliphatic carbocycles. The highest BCUT2D eigenvalue weighted by molar-refractivity contribution is 6.31. The first-order valence-corrected chi connectivity index (χ1v) is 11.4. The van der Waals surface area contributed by atoms with Crippen molar-refractivity contribution in [3.8, 4) is 11.5 Å². The number of nitrogens with one attached hydrogen (secondary N) is 1. The summed E-state index contributed by atoms with van der Waals surface area (Å²) in [7, 11) is 0. The number of anilines is 2. The Morgan fingerprint density at radius 3 is 2.68 bits per heavy atom. The van der Waals surface area contributed by atoms with E-state index in [9.17, 15) is 14.9 Å². The summed E-state index contributed by atoms with van der Waals surface area (Å²) < 4.78 is 5.80. The van der Waals surface area contributed by atoms with Gasteiger partial charge < -0.3 is 14.6 Å². The number of nitrogens with zero attached hydrogens (tertiary/aromatic N) is 3. The third-order valence-corrected chi connectivity index (χ3v) is 6.08. The largest absolute Gasteiger partial charge is 0.436 e. The Morgan fingerprint density at radius 2 is 1.88 bits per heavy atom. The lowest BCUT2D eigenvalue weighted by Crippen LogP contribution is -2.30. The molecule has 4 aromatic rings. The number of carbonyl (C=O) groups is 1. The maximum Gasteiger partial charge on any atom is 0.293 e. The van der Waals surface area contributed by atoms with Gasteiger partial charge in [-0.15, -0.1) is 0 Å². The number of benzene rings is 3. The molecular formula is C25H21ClN4O4. The summed E-state index contributed by atoms with van der Waals surface area (Å²) >= 11 is 6.03. The molecule has 9 heteroatoms. The minimum absolute atomic E-state index is 0.0616. The van der Waals surface area contributed by atoms with Crippen molar-refractivity contribution in [2.24, 2.45) is 0 Å². The topological polar surface area (TPSA) is 102 Å². The molecule has 0 radical (unpaired) electrons. The standard InChI is InChI=1S/C25H21ClN4O4/c26-18-8-10-23-20(15-18)28-25(34-23)17-5-4-6-19(13-17)27-24(31)16-7-9-21(22(14-16)30(32)33)29-11-2-1-3-12-29/h4-10,13-15H,1-3,11-12H2,(H,27,31). The molecule has 3 aromatic carbocycles. The maximum absolute atomic E-state index is 12.9. The zero-order valence-electron chi connectivity index (χ0n) is 18.2. The van der Waals surface area contributed by atoms with Gasteiger partial charge in [-0.25, -0.2) is 4.98 Å². The van der Waals surface area contributed by atoms with Crippen molar-refractivity contribution in [2.45, 2.75) is 19.3 Å². The summed E-state index contributed by atoms with van der Waals surface area (Å²) in [6.07, 6.45) is 3.13. The molecule has 8 nitrogen and oxygen atoms in total. The van der Waals surface area contributed by atoms with E-state index in [1.165, 1.54) is 6.07 Å². The van der Waals surface area contributed by atoms with E-state index in [1.54, 1.807) is 48.5 Å². The summed E-state index contributed by atoms with van der Waals surface area (Å²) in [5.41, 5.74) is 3.15. The Balaban J connectivity index is 1.38. The van der Waals surface area contributed by atoms with E-state index in [1.807, 2.05) is 11.0 Å². The number of hydrogen-bond acceptors (Lipinski definition) is 6. The lowest BCUT2D eigenvalue weighted by Gasteiger charge is -2.28. The molecule has 1 aliphatic heterocycles. The van der Waals surface area contributed by atoms with Crippen LogP contribution >= 0.6 is 11.6 Å². The first-order valence-electron chi connectivity index (χ1n) is 11.0. The molecule has 0 atom stereocenters. The number of halogens is 1. The molecule has 1 saturated heterocycles. The number of amides is 1. The summed E-state index contributed by atoms with van der Waals surface area (Å²) in [5, 5.41) is 15.1. The average Bonchev–Trinajstić information content (AvgIpc) is 3.27. The molecule has 34 heavy (non-hydrogen) atoms. The van der Waals surface area contributed by atoms with Gasteiger partial charge in [-0.05, 0) is 67.8 Å². The number of nitro groups is 1. The van der Waals surface area contributed by atoms with Crippen LogP contribution in [0.15, 0.2) is 65.1 Å². The second-order valence-corrected chi connectivity index (χ2v) is 8.61. The van der Waals surface area contributed by atoms with Crippen molar-refractivity contribution in [3.05, 3.63) is 81.4 Å². The van der Waals surface area contributed by atoms with Gasteiger partial charge in [0.25, 0.3) is 11.6 Å². The van der Waals surface area contributed by atoms with Gasteiger partial charge in [-0.1, -0.05) is 17.7 Å². The van der Waals surface area contributed by atoms with Crippen molar-refractivity contribution < 1.29 is 14.1 Å². The van der Waals surface area contributed by atoms with E-state index in [0.29, 0.717) is 39.0 Å². The van der Waals surface area contributed by atoms with Gasteiger partial charge in [0.05, 0.1) is 4.92 Å². The van der Waals surface area contributed by atoms with Gasteiger partial charge in [-0.2, -0.15) is 0 Å². The smallest absolute Gasteiger partial charge is 0.293 e. The van der Waals surface area contributed by atoms with Gasteiger partial charge in [0.1, 0.15) is 11.2 Å². The molecular weight excluding hydrogens is 456 g/mol. The van der Waals surface area contributed by atoms with Gasteiger partial charge in [0.15, 0.2) is 5.58 Å². The van der Waals surface area contributed by atoms with Gasteiger partial charge >= 0.3 is 0 Å². The Labute approximate surface area is 200 Å². The van der Waals surface area contributed by atoms with Crippen LogP contribution in [0.1, 0.15) is 29.6 Å². The number of oxazole rings is 1. The predicted molar refractivity (Wildman–Crippen MR) is 132 cm³/mol. The molecule has 1 aromatic heterocycles. The minimum Gasteiger partial charge on any atom is -0.436 e. The van der Waals surface area contributed by atoms with E-state index in [2.05, 4.69) is 10.3 Å². The van der Waals surface area contributed by atoms with Crippen LogP contribution in [0.4, 0.5) is 17.1 Å². The molecule has 0 saturated carbocycles. The Morgan fingerprint density at radius 1 is 1.06 bits per heavy atom. The number of fused-ring (bicyclic) bond motifs is 1. The van der Waals surface area contributed by atoms with Crippen molar-refractivity contribution >= 4 is 45.7 Å². The molecule has 1 amide bonds. The predicted octanol–water partition coefficient (Wildman–Crippen LogP) is 6.30. The fourth-order valence-corrected chi connectivity index (χ4v) is 4.34. The molecule has 1 N–H and O–H groups in total. The van der Waals surface area contributed by atoms with Crippen LogP contribution in [0, 0.1) is 10.1 Å². The van der Waals surface area contributed by atoms with Gasteiger partial charge in [-0.3, -0.25) is 14.9 Å². The number of aromatic nitrogens is 1. The molecule has 0 spiro atoms. The second kappa shape index (κ2) is 9.15. The molecule has 0 bridgehead atoms. The SMILES string of the molecule is O=C(Nc1cccc(-c2nc3cc(Cl)ccc3o2)c1)c1ccc(N2CCCCC2)c([N+](=O)[O-])c1. The fraction of sp³-hybridized carbons (Fsp3) is 0.200. The van der Waals surface area contributed by atoms with E-state index in [0.717, 1.165) is 32.4 Å². The molecule has 2 heterocycles. The van der Waals surface area contributed by atoms with E-state index < -0.39 is 10.8 Å². The Kier molecular flexibility index (Phi) is 5.90. The van der Waals surface area contributed by atoms with Gasteiger partial charge in [0.2, 0.25) is 5.89 Å². The van der Waals surface area contributed by atoms with Crippen molar-refractivity contribution in [3.63, 3.8) is 0 Å². The fourth-order valence-electron chi connectivity index (χ4n) is 4.17. The Bertz CT molecular complexity index is 1390. The average molecular weight is 477 g/mol. The minimum atomic E-state index is -0.435. The Hall–Kier alpha value is -3.91. The highest BCUT2D eigenvalue weighted by Crippen LogP contribution is 2.32. The van der Waals surface area contributed by atoms with Crippen molar-refractivity contribution in [2.75, 3.05) is 23.3 Å². The van der Waals surface area contributed by atoms with Crippen LogP contribution in [-0.2, 0) is 0 Å². The number of hydrogen-bond donors (Lipinski definition) is 1. The van der Waals surface area contributed by atoms with Gasteiger partial charge in [0, 0.05) is 41.0 Å². The van der Waals surface area contributed by atoms with E-state index in [-0.39, 0.29) is 11.3 Å². The summed E-state index contributed by atoms with van der Waals surface area (Å²) in [4.78, 5) is 30.7. The second-order valence-electron chi connectivity index (χ2n) is 8.17. The summed E-state index contributed by atoms with van der Waals surface area (Å²) in [6, 6.07) is 16.9. The third-order valence-electron chi connectivity index (χ3n) is 5.85. The maximum atomic E-state index is 12.9. The molecule has 1 aliphatic rings. The zero-order chi connectivity index (χ0) is 23.7. The highest BCUT2D eigenvalue weighted by atomic mass is 35.5. The first kappa shape index (κ1) is 21.9. The van der Waals surface area contributed by atoms with Crippen LogP contribution in [0.2, 0.25) is 5.02 Å². The first-order chi connectivity index (χ1) is 16.5. The van der Waals surface area contributed by atoms with E-state index >= 15 is 0 Å². The monoisotopic (exact) mass is 476 g/mol. The van der Waals surface area contributed by atoms with Crippen molar-refractivity contribution in [1.29, 1.82) is 0 Å². The number of carbonyl (C=O) groups excluding carboxylic acids is 1. The highest BCUT2D eigenvalue weighted by Gasteiger charge is 2.23. The van der Waals surface area contributed by atoms with Crippen LogP contribution in [0.25, 0.3) is 22.6 Å². The molecule has 172 valence electrons. The molecule has 0 unspecified atom stereocenters. The van der Waals surface area contributed by atoms with Crippen LogP contribution in [0.5, 0.6) is 0 Å². The molecule has 5 rings (SSSR count). The number of nitro benzene ring substituents is 1. The lowest BCUT2D eigenvalue weighted by atomic mass is 10.1. The quantitative estimate of drug-likeness (QED) is 0.268.